The summed E-state index contributed by atoms with van der Waals surface area (Å²) >= 11 is 0. The van der Waals surface area contributed by atoms with E-state index in [9.17, 15) is 14.4 Å². The highest BCUT2D eigenvalue weighted by Crippen LogP contribution is 2.49. The van der Waals surface area contributed by atoms with Crippen LogP contribution >= 0.6 is 0 Å². The Hall–Kier alpha value is -1.43. The number of rotatable bonds is 3. The largest absolute Gasteiger partial charge is 0.458 e. The lowest BCUT2D eigenvalue weighted by molar-refractivity contribution is -0.146. The molecule has 0 aromatic carbocycles. The number of amides is 2. The molecule has 3 rings (SSSR count). The average Bonchev–Trinajstić information content (AvgIpc) is 2.99. The van der Waals surface area contributed by atoms with Gasteiger partial charge in [0.05, 0.1) is 12.0 Å². The fourth-order valence-corrected chi connectivity index (χ4v) is 3.13. The molecule has 3 saturated heterocycles. The molecule has 6 heteroatoms. The second-order valence-electron chi connectivity index (χ2n) is 6.46. The summed E-state index contributed by atoms with van der Waals surface area (Å²) in [6, 6.07) is 0. The quantitative estimate of drug-likeness (QED) is 0.757. The van der Waals surface area contributed by atoms with Crippen molar-refractivity contribution in [1.29, 1.82) is 0 Å². The third-order valence-electron chi connectivity index (χ3n) is 4.89. The molecule has 3 aliphatic heterocycles. The van der Waals surface area contributed by atoms with Gasteiger partial charge in [0.2, 0.25) is 11.8 Å². The zero-order valence-electron chi connectivity index (χ0n) is 11.8. The number of carbonyl (C=O) groups is 3. The number of esters is 1. The van der Waals surface area contributed by atoms with Crippen molar-refractivity contribution in [3.63, 3.8) is 0 Å². The van der Waals surface area contributed by atoms with E-state index in [4.69, 9.17) is 9.47 Å². The summed E-state index contributed by atoms with van der Waals surface area (Å²) in [5.74, 6) is -1.75. The molecular weight excluding hydrogens is 262 g/mol. The minimum absolute atomic E-state index is 0.225. The maximum Gasteiger partial charge on any atom is 0.312 e. The first-order chi connectivity index (χ1) is 9.35. The minimum Gasteiger partial charge on any atom is -0.458 e. The van der Waals surface area contributed by atoms with Crippen LogP contribution in [0.1, 0.15) is 33.6 Å². The van der Waals surface area contributed by atoms with Gasteiger partial charge in [0.25, 0.3) is 0 Å². The standard InChI is InChI=1S/C14H19NO5/c1-4-14(2,3)13(18)15-11(16)8-7-5-6-9(19-7)10(8)20-12(6)17/h6-10H,4-5H2,1-3H3,(H,15,16,18). The molecule has 20 heavy (non-hydrogen) atoms. The highest BCUT2D eigenvalue weighted by Gasteiger charge is 2.65. The zero-order valence-corrected chi connectivity index (χ0v) is 11.8. The molecule has 2 bridgehead atoms. The normalized spacial score (nSPS) is 38.0. The number of nitrogens with one attached hydrogen (secondary N) is 1. The fraction of sp³-hybridized carbons (Fsp3) is 0.786. The van der Waals surface area contributed by atoms with Gasteiger partial charge in [0, 0.05) is 5.41 Å². The number of carbonyl (C=O) groups excluding carboxylic acids is 3. The van der Waals surface area contributed by atoms with Crippen LogP contribution in [-0.4, -0.2) is 36.1 Å². The molecule has 1 N–H and O–H groups in total. The van der Waals surface area contributed by atoms with Crippen molar-refractivity contribution in [2.24, 2.45) is 17.3 Å². The van der Waals surface area contributed by atoms with Crippen molar-refractivity contribution in [2.45, 2.75) is 51.9 Å². The summed E-state index contributed by atoms with van der Waals surface area (Å²) in [6.45, 7) is 5.48. The molecule has 6 nitrogen and oxygen atoms in total. The van der Waals surface area contributed by atoms with E-state index >= 15 is 0 Å². The summed E-state index contributed by atoms with van der Waals surface area (Å²) in [5.41, 5.74) is -0.594. The van der Waals surface area contributed by atoms with Crippen LogP contribution in [0.4, 0.5) is 0 Å². The molecule has 0 aromatic heterocycles. The van der Waals surface area contributed by atoms with E-state index < -0.39 is 17.4 Å². The Kier molecular flexibility index (Phi) is 2.90. The van der Waals surface area contributed by atoms with E-state index in [2.05, 4.69) is 5.32 Å². The van der Waals surface area contributed by atoms with Crippen LogP contribution in [0, 0.1) is 17.3 Å². The highest BCUT2D eigenvalue weighted by molar-refractivity contribution is 5.99. The van der Waals surface area contributed by atoms with E-state index in [1.165, 1.54) is 0 Å². The third-order valence-corrected chi connectivity index (χ3v) is 4.89. The van der Waals surface area contributed by atoms with Crippen molar-refractivity contribution in [3.8, 4) is 0 Å². The van der Waals surface area contributed by atoms with E-state index in [-0.39, 0.29) is 35.9 Å². The van der Waals surface area contributed by atoms with Crippen LogP contribution in [0.5, 0.6) is 0 Å². The lowest BCUT2D eigenvalue weighted by atomic mass is 9.81. The Labute approximate surface area is 117 Å². The molecule has 2 amide bonds. The predicted molar refractivity (Wildman–Crippen MR) is 67.4 cm³/mol. The molecule has 5 atom stereocenters. The molecule has 110 valence electrons. The Morgan fingerprint density at radius 3 is 2.70 bits per heavy atom. The van der Waals surface area contributed by atoms with Gasteiger partial charge in [-0.05, 0) is 12.8 Å². The lowest BCUT2D eigenvalue weighted by Crippen LogP contribution is -2.48. The summed E-state index contributed by atoms with van der Waals surface area (Å²) in [4.78, 5) is 35.9. The Morgan fingerprint density at radius 2 is 2.05 bits per heavy atom. The molecule has 3 aliphatic rings. The van der Waals surface area contributed by atoms with Crippen molar-refractivity contribution in [2.75, 3.05) is 0 Å². The molecule has 3 fully saturated rings. The summed E-state index contributed by atoms with van der Waals surface area (Å²) < 4.78 is 10.9. The van der Waals surface area contributed by atoms with Crippen LogP contribution in [-0.2, 0) is 23.9 Å². The summed E-state index contributed by atoms with van der Waals surface area (Å²) in [7, 11) is 0. The third kappa shape index (κ3) is 1.78. The van der Waals surface area contributed by atoms with Crippen molar-refractivity contribution in [1.82, 2.24) is 5.32 Å². The van der Waals surface area contributed by atoms with Crippen molar-refractivity contribution in [3.05, 3.63) is 0 Å². The van der Waals surface area contributed by atoms with Crippen LogP contribution in [0.15, 0.2) is 0 Å². The smallest absolute Gasteiger partial charge is 0.312 e. The summed E-state index contributed by atoms with van der Waals surface area (Å²) in [5, 5.41) is 2.45. The summed E-state index contributed by atoms with van der Waals surface area (Å²) in [6.07, 6.45) is 0.0174. The molecule has 0 radical (unpaired) electrons. The minimum atomic E-state index is -0.594. The Morgan fingerprint density at radius 1 is 1.35 bits per heavy atom. The topological polar surface area (TPSA) is 81.7 Å². The molecule has 0 aliphatic carbocycles. The molecule has 3 heterocycles. The second kappa shape index (κ2) is 4.28. The average molecular weight is 281 g/mol. The van der Waals surface area contributed by atoms with Crippen LogP contribution in [0.25, 0.3) is 0 Å². The maximum atomic E-state index is 12.3. The van der Waals surface area contributed by atoms with Crippen LogP contribution in [0.3, 0.4) is 0 Å². The van der Waals surface area contributed by atoms with Gasteiger partial charge in [-0.2, -0.15) is 0 Å². The first-order valence-electron chi connectivity index (χ1n) is 7.06. The Bertz CT molecular complexity index is 486. The van der Waals surface area contributed by atoms with E-state index in [1.54, 1.807) is 13.8 Å². The van der Waals surface area contributed by atoms with E-state index in [1.807, 2.05) is 6.92 Å². The molecular formula is C14H19NO5. The number of imide groups is 1. The van der Waals surface area contributed by atoms with Crippen molar-refractivity contribution >= 4 is 17.8 Å². The number of hydrogen-bond donors (Lipinski definition) is 1. The molecule has 0 saturated carbocycles. The molecule has 5 unspecified atom stereocenters. The number of ether oxygens (including phenoxy) is 2. The predicted octanol–water partition coefficient (Wildman–Crippen LogP) is 0.394. The van der Waals surface area contributed by atoms with Crippen LogP contribution in [0.2, 0.25) is 0 Å². The van der Waals surface area contributed by atoms with E-state index in [0.717, 1.165) is 0 Å². The van der Waals surface area contributed by atoms with Crippen LogP contribution < -0.4 is 5.32 Å². The first kappa shape index (κ1) is 13.5. The zero-order chi connectivity index (χ0) is 14.7. The van der Waals surface area contributed by atoms with Gasteiger partial charge >= 0.3 is 5.97 Å². The van der Waals surface area contributed by atoms with Gasteiger partial charge < -0.3 is 9.47 Å². The molecule has 0 spiro atoms. The van der Waals surface area contributed by atoms with Gasteiger partial charge in [-0.1, -0.05) is 20.8 Å². The van der Waals surface area contributed by atoms with E-state index in [0.29, 0.717) is 12.8 Å². The maximum absolute atomic E-state index is 12.3. The van der Waals surface area contributed by atoms with Crippen molar-refractivity contribution < 1.29 is 23.9 Å². The number of fused-ring (bicyclic) bond motifs is 1. The molecule has 0 aromatic rings. The fourth-order valence-electron chi connectivity index (χ4n) is 3.13. The van der Waals surface area contributed by atoms with Gasteiger partial charge in [-0.15, -0.1) is 0 Å². The number of hydrogen-bond acceptors (Lipinski definition) is 5. The van der Waals surface area contributed by atoms with Gasteiger partial charge in [-0.25, -0.2) is 0 Å². The second-order valence-corrected chi connectivity index (χ2v) is 6.46. The van der Waals surface area contributed by atoms with Gasteiger partial charge in [-0.3, -0.25) is 19.7 Å². The SMILES string of the molecule is CCC(C)(C)C(=O)NC(=O)C1C2CC3C(=O)OC1C3O2. The first-order valence-corrected chi connectivity index (χ1v) is 7.06. The monoisotopic (exact) mass is 281 g/mol. The lowest BCUT2D eigenvalue weighted by Gasteiger charge is -2.25. The van der Waals surface area contributed by atoms with Gasteiger partial charge in [0.1, 0.15) is 18.1 Å². The van der Waals surface area contributed by atoms with Gasteiger partial charge in [0.15, 0.2) is 0 Å². The highest BCUT2D eigenvalue weighted by atomic mass is 16.6. The Balaban J connectivity index is 1.71.